The molecular weight excluding hydrogens is 465 g/mol. The molecule has 0 amide bonds. The number of methoxy groups -OCH3 is 1. The van der Waals surface area contributed by atoms with Gasteiger partial charge in [0.2, 0.25) is 0 Å². The van der Waals surface area contributed by atoms with Crippen molar-refractivity contribution in [3.05, 3.63) is 89.0 Å². The van der Waals surface area contributed by atoms with Crippen LogP contribution in [0.2, 0.25) is 0 Å². The molecule has 0 aliphatic rings. The second-order valence-electron chi connectivity index (χ2n) is 7.70. The Labute approximate surface area is 198 Å². The van der Waals surface area contributed by atoms with Gasteiger partial charge >= 0.3 is 12.1 Å². The lowest BCUT2D eigenvalue weighted by molar-refractivity contribution is -0.137. The molecule has 0 fully saturated rings. The summed E-state index contributed by atoms with van der Waals surface area (Å²) in [6.07, 6.45) is -3.75. The molecule has 0 spiro atoms. The van der Waals surface area contributed by atoms with E-state index in [0.717, 1.165) is 29.0 Å². The van der Waals surface area contributed by atoms with Gasteiger partial charge in [0.25, 0.3) is 0 Å². The van der Waals surface area contributed by atoms with E-state index in [0.29, 0.717) is 34.9 Å². The molecule has 3 aromatic carbocycles. The number of rotatable bonds is 8. The van der Waals surface area contributed by atoms with Gasteiger partial charge in [-0.25, -0.2) is 9.78 Å². The molecule has 176 valence electrons. The summed E-state index contributed by atoms with van der Waals surface area (Å²) in [5, 5.41) is 9.74. The molecule has 0 radical (unpaired) electrons. The summed E-state index contributed by atoms with van der Waals surface area (Å²) < 4.78 is 45.3. The molecule has 0 saturated heterocycles. The van der Waals surface area contributed by atoms with Crippen LogP contribution < -0.4 is 9.64 Å². The van der Waals surface area contributed by atoms with Gasteiger partial charge in [0.15, 0.2) is 5.13 Å². The Bertz CT molecular complexity index is 1290. The fourth-order valence-electron chi connectivity index (χ4n) is 3.50. The number of aromatic carboxylic acids is 1. The first kappa shape index (κ1) is 23.6. The van der Waals surface area contributed by atoms with Crippen LogP contribution in [0.15, 0.2) is 66.7 Å². The first-order valence-electron chi connectivity index (χ1n) is 10.4. The van der Waals surface area contributed by atoms with Gasteiger partial charge in [-0.1, -0.05) is 35.6 Å². The minimum absolute atomic E-state index is 0.188. The number of carboxylic acid groups (broad SMARTS) is 1. The fraction of sp³-hybridized carbons (Fsp3) is 0.200. The van der Waals surface area contributed by atoms with Crippen molar-refractivity contribution in [3.8, 4) is 5.75 Å². The molecule has 0 aliphatic heterocycles. The summed E-state index contributed by atoms with van der Waals surface area (Å²) in [4.78, 5) is 17.6. The molecule has 1 N–H and O–H groups in total. The van der Waals surface area contributed by atoms with Gasteiger partial charge in [-0.3, -0.25) is 0 Å². The largest absolute Gasteiger partial charge is 0.497 e. The van der Waals surface area contributed by atoms with Crippen molar-refractivity contribution >= 4 is 32.7 Å². The van der Waals surface area contributed by atoms with Gasteiger partial charge in [0.1, 0.15) is 5.75 Å². The third-order valence-corrected chi connectivity index (χ3v) is 6.48. The van der Waals surface area contributed by atoms with E-state index in [-0.39, 0.29) is 5.56 Å². The number of nitrogens with zero attached hydrogens (tertiary/aromatic N) is 2. The molecule has 0 bridgehead atoms. The number of anilines is 1. The predicted molar refractivity (Wildman–Crippen MR) is 126 cm³/mol. The molecule has 1 heterocycles. The van der Waals surface area contributed by atoms with Crippen LogP contribution in [-0.4, -0.2) is 29.7 Å². The SMILES string of the molecule is COc1ccc(CCN(Cc2ccc(C(=O)O)cc2)c2nc3cc(C(F)(F)F)ccc3s2)cc1. The van der Waals surface area contributed by atoms with Crippen molar-refractivity contribution in [1.82, 2.24) is 4.98 Å². The van der Waals surface area contributed by atoms with Crippen LogP contribution in [-0.2, 0) is 19.1 Å². The van der Waals surface area contributed by atoms with Crippen molar-refractivity contribution in [2.24, 2.45) is 0 Å². The maximum atomic E-state index is 13.1. The Kier molecular flexibility index (Phi) is 6.74. The lowest BCUT2D eigenvalue weighted by atomic mass is 10.1. The maximum absolute atomic E-state index is 13.1. The van der Waals surface area contributed by atoms with Crippen LogP contribution in [0.5, 0.6) is 5.75 Å². The molecule has 1 aromatic heterocycles. The molecule has 0 aliphatic carbocycles. The van der Waals surface area contributed by atoms with Gasteiger partial charge in [-0.2, -0.15) is 13.2 Å². The third-order valence-electron chi connectivity index (χ3n) is 5.38. The highest BCUT2D eigenvalue weighted by molar-refractivity contribution is 7.22. The number of hydrogen-bond acceptors (Lipinski definition) is 5. The Morgan fingerprint density at radius 2 is 1.71 bits per heavy atom. The van der Waals surface area contributed by atoms with Crippen molar-refractivity contribution < 1.29 is 27.8 Å². The zero-order valence-electron chi connectivity index (χ0n) is 18.2. The van der Waals surface area contributed by atoms with E-state index in [1.54, 1.807) is 19.2 Å². The highest BCUT2D eigenvalue weighted by atomic mass is 32.1. The highest BCUT2D eigenvalue weighted by Crippen LogP contribution is 2.35. The number of hydrogen-bond donors (Lipinski definition) is 1. The minimum Gasteiger partial charge on any atom is -0.497 e. The molecule has 4 rings (SSSR count). The molecule has 0 atom stereocenters. The number of halogens is 3. The predicted octanol–water partition coefficient (Wildman–Crippen LogP) is 6.27. The Hall–Kier alpha value is -3.59. The average molecular weight is 487 g/mol. The van der Waals surface area contributed by atoms with Crippen molar-refractivity contribution in [3.63, 3.8) is 0 Å². The summed E-state index contributed by atoms with van der Waals surface area (Å²) >= 11 is 1.33. The molecule has 9 heteroatoms. The number of fused-ring (bicyclic) bond motifs is 1. The number of carbonyl (C=O) groups is 1. The number of alkyl halides is 3. The zero-order valence-corrected chi connectivity index (χ0v) is 19.0. The Morgan fingerprint density at radius 1 is 1.03 bits per heavy atom. The quantitative estimate of drug-likeness (QED) is 0.318. The molecule has 0 saturated carbocycles. The maximum Gasteiger partial charge on any atom is 0.416 e. The summed E-state index contributed by atoms with van der Waals surface area (Å²) in [5.41, 5.74) is 1.70. The molecule has 4 aromatic rings. The number of aromatic nitrogens is 1. The normalized spacial score (nSPS) is 11.5. The van der Waals surface area contributed by atoms with E-state index in [9.17, 15) is 18.0 Å². The van der Waals surface area contributed by atoms with Gasteiger partial charge in [-0.15, -0.1) is 0 Å². The van der Waals surface area contributed by atoms with E-state index in [1.807, 2.05) is 29.2 Å². The number of thiazole rings is 1. The highest BCUT2D eigenvalue weighted by Gasteiger charge is 2.31. The van der Waals surface area contributed by atoms with Gasteiger partial charge < -0.3 is 14.7 Å². The van der Waals surface area contributed by atoms with E-state index in [2.05, 4.69) is 4.98 Å². The summed E-state index contributed by atoms with van der Waals surface area (Å²) in [6, 6.07) is 17.8. The van der Waals surface area contributed by atoms with E-state index in [1.165, 1.54) is 29.5 Å². The molecule has 0 unspecified atom stereocenters. The molecule has 5 nitrogen and oxygen atoms in total. The van der Waals surface area contributed by atoms with Crippen molar-refractivity contribution in [2.75, 3.05) is 18.6 Å². The Balaban J connectivity index is 1.62. The van der Waals surface area contributed by atoms with Crippen LogP contribution in [0, 0.1) is 0 Å². The van der Waals surface area contributed by atoms with E-state index in [4.69, 9.17) is 9.84 Å². The summed E-state index contributed by atoms with van der Waals surface area (Å²) in [6.45, 7) is 1.00. The van der Waals surface area contributed by atoms with E-state index >= 15 is 0 Å². The van der Waals surface area contributed by atoms with Crippen LogP contribution in [0.4, 0.5) is 18.3 Å². The fourth-order valence-corrected chi connectivity index (χ4v) is 4.47. The number of carboxylic acids is 1. The first-order chi connectivity index (χ1) is 16.2. The topological polar surface area (TPSA) is 62.7 Å². The molecular formula is C25H21F3N2O3S. The van der Waals surface area contributed by atoms with E-state index < -0.39 is 17.7 Å². The number of ether oxygens (including phenoxy) is 1. The summed E-state index contributed by atoms with van der Waals surface area (Å²) in [7, 11) is 1.60. The van der Waals surface area contributed by atoms with Gasteiger partial charge in [-0.05, 0) is 60.0 Å². The van der Waals surface area contributed by atoms with Crippen LogP contribution in [0.1, 0.15) is 27.0 Å². The van der Waals surface area contributed by atoms with Crippen molar-refractivity contribution in [1.29, 1.82) is 0 Å². The lowest BCUT2D eigenvalue weighted by Crippen LogP contribution is -2.25. The van der Waals surface area contributed by atoms with Crippen LogP contribution in [0.3, 0.4) is 0 Å². The number of benzene rings is 3. The van der Waals surface area contributed by atoms with Gasteiger partial charge in [0.05, 0.1) is 28.5 Å². The Morgan fingerprint density at radius 3 is 2.32 bits per heavy atom. The minimum atomic E-state index is -4.43. The van der Waals surface area contributed by atoms with Gasteiger partial charge in [0, 0.05) is 13.1 Å². The standard InChI is InChI=1S/C25H21F3N2O3S/c1-33-20-9-4-16(5-10-20)12-13-30(15-17-2-6-18(7-3-17)23(31)32)24-29-21-14-19(25(26,27)28)8-11-22(21)34-24/h2-11,14H,12-13,15H2,1H3,(H,31,32). The van der Waals surface area contributed by atoms with Crippen LogP contribution in [0.25, 0.3) is 10.2 Å². The second-order valence-corrected chi connectivity index (χ2v) is 8.71. The van der Waals surface area contributed by atoms with Crippen LogP contribution >= 0.6 is 11.3 Å². The average Bonchev–Trinajstić information content (AvgIpc) is 3.25. The monoisotopic (exact) mass is 486 g/mol. The third kappa shape index (κ3) is 5.48. The summed E-state index contributed by atoms with van der Waals surface area (Å²) in [5.74, 6) is -0.250. The first-order valence-corrected chi connectivity index (χ1v) is 11.2. The lowest BCUT2D eigenvalue weighted by Gasteiger charge is -2.22. The van der Waals surface area contributed by atoms with Crippen molar-refractivity contribution in [2.45, 2.75) is 19.1 Å². The smallest absolute Gasteiger partial charge is 0.416 e. The zero-order chi connectivity index (χ0) is 24.3. The second kappa shape index (κ2) is 9.72. The molecule has 34 heavy (non-hydrogen) atoms.